The zero-order valence-electron chi connectivity index (χ0n) is 17.9. The molecule has 0 unspecified atom stereocenters. The van der Waals surface area contributed by atoms with Crippen LogP contribution >= 0.6 is 11.3 Å². The molecule has 0 amide bonds. The molecule has 0 radical (unpaired) electrons. The summed E-state index contributed by atoms with van der Waals surface area (Å²) in [6.07, 6.45) is 4.66. The highest BCUT2D eigenvalue weighted by Crippen LogP contribution is 2.22. The van der Waals surface area contributed by atoms with Crippen molar-refractivity contribution in [2.75, 3.05) is 0 Å². The maximum Gasteiger partial charge on any atom is 0.272 e. The van der Waals surface area contributed by atoms with E-state index >= 15 is 0 Å². The molecular formula is C24H22N4O3S. The number of rotatable bonds is 4. The van der Waals surface area contributed by atoms with E-state index in [-0.39, 0.29) is 21.9 Å². The SMILES string of the molecule is CC(C)(C)c1[nH]cnc1/C=c1\[nH]c(=O)/c(=C/c2cccc(C(=O)c3ccsc3)c2)[nH]c1=O. The molecule has 0 atom stereocenters. The van der Waals surface area contributed by atoms with Gasteiger partial charge < -0.3 is 15.0 Å². The van der Waals surface area contributed by atoms with Crippen LogP contribution in [0, 0.1) is 0 Å². The van der Waals surface area contributed by atoms with E-state index < -0.39 is 11.1 Å². The summed E-state index contributed by atoms with van der Waals surface area (Å²) in [6.45, 7) is 6.08. The first kappa shape index (κ1) is 21.5. The summed E-state index contributed by atoms with van der Waals surface area (Å²) in [4.78, 5) is 50.5. The predicted octanol–water partition coefficient (Wildman–Crippen LogP) is 2.03. The lowest BCUT2D eigenvalue weighted by atomic mass is 9.90. The van der Waals surface area contributed by atoms with Crippen LogP contribution in [-0.4, -0.2) is 25.7 Å². The Labute approximate surface area is 187 Å². The van der Waals surface area contributed by atoms with Crippen molar-refractivity contribution in [3.05, 3.63) is 107 Å². The van der Waals surface area contributed by atoms with Crippen molar-refractivity contribution in [3.8, 4) is 0 Å². The number of aromatic nitrogens is 4. The molecule has 0 saturated carbocycles. The number of H-pyrrole nitrogens is 3. The van der Waals surface area contributed by atoms with Crippen molar-refractivity contribution in [1.29, 1.82) is 0 Å². The van der Waals surface area contributed by atoms with E-state index in [1.165, 1.54) is 11.3 Å². The molecular weight excluding hydrogens is 424 g/mol. The number of benzene rings is 1. The lowest BCUT2D eigenvalue weighted by Crippen LogP contribution is -2.46. The highest BCUT2D eigenvalue weighted by molar-refractivity contribution is 7.08. The maximum atomic E-state index is 12.6. The normalized spacial score (nSPS) is 13.0. The Hall–Kier alpha value is -3.78. The molecule has 3 aromatic heterocycles. The Morgan fingerprint density at radius 2 is 1.72 bits per heavy atom. The van der Waals surface area contributed by atoms with Crippen LogP contribution in [0.15, 0.2) is 57.0 Å². The Kier molecular flexibility index (Phi) is 5.63. The molecule has 0 bridgehead atoms. The summed E-state index contributed by atoms with van der Waals surface area (Å²) < 4.78 is 0. The average Bonchev–Trinajstić information content (AvgIpc) is 3.43. The first-order valence-electron chi connectivity index (χ1n) is 9.99. The molecule has 8 heteroatoms. The molecule has 0 saturated heterocycles. The highest BCUT2D eigenvalue weighted by atomic mass is 32.1. The number of aromatic amines is 3. The molecule has 32 heavy (non-hydrogen) atoms. The largest absolute Gasteiger partial charge is 0.348 e. The summed E-state index contributed by atoms with van der Waals surface area (Å²) >= 11 is 1.45. The Morgan fingerprint density at radius 1 is 1.00 bits per heavy atom. The number of thiophene rings is 1. The van der Waals surface area contributed by atoms with Crippen molar-refractivity contribution >= 4 is 29.3 Å². The van der Waals surface area contributed by atoms with Crippen LogP contribution < -0.4 is 21.8 Å². The van der Waals surface area contributed by atoms with Crippen molar-refractivity contribution in [2.24, 2.45) is 0 Å². The van der Waals surface area contributed by atoms with Gasteiger partial charge in [0.15, 0.2) is 5.78 Å². The van der Waals surface area contributed by atoms with E-state index in [0.717, 1.165) is 5.69 Å². The minimum absolute atomic E-state index is 0.0949. The van der Waals surface area contributed by atoms with Crippen LogP contribution in [0.3, 0.4) is 0 Å². The number of hydrogen-bond donors (Lipinski definition) is 3. The van der Waals surface area contributed by atoms with E-state index in [4.69, 9.17) is 0 Å². The lowest BCUT2D eigenvalue weighted by molar-refractivity contribution is 0.103. The molecule has 0 aliphatic rings. The van der Waals surface area contributed by atoms with Crippen LogP contribution in [0.4, 0.5) is 0 Å². The van der Waals surface area contributed by atoms with E-state index in [0.29, 0.717) is 22.4 Å². The van der Waals surface area contributed by atoms with Crippen LogP contribution in [0.5, 0.6) is 0 Å². The second kappa shape index (κ2) is 8.39. The van der Waals surface area contributed by atoms with Crippen LogP contribution in [0.25, 0.3) is 12.2 Å². The molecule has 162 valence electrons. The van der Waals surface area contributed by atoms with Crippen LogP contribution in [0.2, 0.25) is 0 Å². The number of nitrogens with one attached hydrogen (secondary N) is 3. The van der Waals surface area contributed by atoms with Gasteiger partial charge in [0.05, 0.1) is 12.0 Å². The minimum atomic E-state index is -0.446. The number of ketones is 1. The van der Waals surface area contributed by atoms with Gasteiger partial charge in [0.2, 0.25) is 0 Å². The average molecular weight is 447 g/mol. The molecule has 0 aliphatic carbocycles. The third-order valence-corrected chi connectivity index (χ3v) is 5.61. The topological polar surface area (TPSA) is 111 Å². The fourth-order valence-corrected chi connectivity index (χ4v) is 3.98. The molecule has 7 nitrogen and oxygen atoms in total. The van der Waals surface area contributed by atoms with Gasteiger partial charge in [-0.05, 0) is 35.2 Å². The Balaban J connectivity index is 1.75. The van der Waals surface area contributed by atoms with Gasteiger partial charge in [-0.3, -0.25) is 14.4 Å². The molecule has 3 heterocycles. The summed E-state index contributed by atoms with van der Waals surface area (Å²) in [5.41, 5.74) is 2.12. The van der Waals surface area contributed by atoms with Gasteiger partial charge >= 0.3 is 0 Å². The van der Waals surface area contributed by atoms with Crippen molar-refractivity contribution in [2.45, 2.75) is 26.2 Å². The first-order chi connectivity index (χ1) is 15.2. The van der Waals surface area contributed by atoms with Crippen molar-refractivity contribution in [1.82, 2.24) is 19.9 Å². The summed E-state index contributed by atoms with van der Waals surface area (Å²) in [5, 5.41) is 3.86. The zero-order valence-corrected chi connectivity index (χ0v) is 18.7. The van der Waals surface area contributed by atoms with Gasteiger partial charge in [-0.25, -0.2) is 4.98 Å². The van der Waals surface area contributed by atoms with Gasteiger partial charge in [0.1, 0.15) is 10.7 Å². The van der Waals surface area contributed by atoms with E-state index in [1.807, 2.05) is 26.2 Å². The molecule has 0 fully saturated rings. The summed E-state index contributed by atoms with van der Waals surface area (Å²) in [5.74, 6) is -0.0949. The minimum Gasteiger partial charge on any atom is -0.348 e. The Bertz CT molecular complexity index is 1520. The fraction of sp³-hybridized carbons (Fsp3) is 0.167. The number of hydrogen-bond acceptors (Lipinski definition) is 5. The summed E-state index contributed by atoms with van der Waals surface area (Å²) in [6, 6.07) is 8.69. The van der Waals surface area contributed by atoms with E-state index in [2.05, 4.69) is 19.9 Å². The van der Waals surface area contributed by atoms with E-state index in [1.54, 1.807) is 54.2 Å². The van der Waals surface area contributed by atoms with Crippen molar-refractivity contribution < 1.29 is 4.79 Å². The second-order valence-corrected chi connectivity index (χ2v) is 9.18. The van der Waals surface area contributed by atoms with Gasteiger partial charge in [0, 0.05) is 27.6 Å². The van der Waals surface area contributed by atoms with E-state index in [9.17, 15) is 14.4 Å². The maximum absolute atomic E-state index is 12.6. The van der Waals surface area contributed by atoms with Crippen molar-refractivity contribution in [3.63, 3.8) is 0 Å². The zero-order chi connectivity index (χ0) is 22.9. The number of imidazole rings is 1. The predicted molar refractivity (Wildman–Crippen MR) is 126 cm³/mol. The summed E-state index contributed by atoms with van der Waals surface area (Å²) in [7, 11) is 0. The highest BCUT2D eigenvalue weighted by Gasteiger charge is 2.19. The number of carbonyl (C=O) groups excluding carboxylic acids is 1. The third-order valence-electron chi connectivity index (χ3n) is 4.93. The molecule has 4 rings (SSSR count). The molecule has 0 spiro atoms. The molecule has 1 aromatic carbocycles. The quantitative estimate of drug-likeness (QED) is 0.417. The number of nitrogens with zero attached hydrogens (tertiary/aromatic N) is 1. The second-order valence-electron chi connectivity index (χ2n) is 8.40. The third kappa shape index (κ3) is 4.45. The molecule has 4 aromatic rings. The fourth-order valence-electron chi connectivity index (χ4n) is 3.34. The molecule has 3 N–H and O–H groups in total. The first-order valence-corrected chi connectivity index (χ1v) is 10.9. The monoisotopic (exact) mass is 446 g/mol. The van der Waals surface area contributed by atoms with Gasteiger partial charge in [0.25, 0.3) is 11.1 Å². The van der Waals surface area contributed by atoms with Crippen LogP contribution in [-0.2, 0) is 5.41 Å². The van der Waals surface area contributed by atoms with Gasteiger partial charge in [-0.2, -0.15) is 11.3 Å². The lowest BCUT2D eigenvalue weighted by Gasteiger charge is -2.16. The standard InChI is InChI=1S/C24H22N4O3S/c1-24(2,3)21-17(25-13-26-21)11-19-23(31)27-18(22(30)28-19)10-14-5-4-6-15(9-14)20(29)16-7-8-32-12-16/h4-13H,1-3H3,(H,25,26)(H,27,31)(H,28,30)/b18-10-,19-11-. The van der Waals surface area contributed by atoms with Crippen LogP contribution in [0.1, 0.15) is 53.6 Å². The smallest absolute Gasteiger partial charge is 0.272 e. The Morgan fingerprint density at radius 3 is 2.38 bits per heavy atom. The van der Waals surface area contributed by atoms with Gasteiger partial charge in [-0.1, -0.05) is 39.0 Å². The number of carbonyl (C=O) groups is 1. The van der Waals surface area contributed by atoms with Gasteiger partial charge in [-0.15, -0.1) is 0 Å². The molecule has 0 aliphatic heterocycles.